The van der Waals surface area contributed by atoms with Gasteiger partial charge in [-0.3, -0.25) is 19.4 Å². The summed E-state index contributed by atoms with van der Waals surface area (Å²) in [5, 5.41) is 20.5. The molecular formula is C21H20N6O6. The Morgan fingerprint density at radius 1 is 1.18 bits per heavy atom. The number of hydrogen-bond donors (Lipinski definition) is 6. The van der Waals surface area contributed by atoms with E-state index in [0.717, 1.165) is 5.69 Å². The summed E-state index contributed by atoms with van der Waals surface area (Å²) in [6, 6.07) is 4.88. The molecule has 0 saturated heterocycles. The number of hydrogen-bond acceptors (Lipinski definition) is 7. The van der Waals surface area contributed by atoms with Crippen molar-refractivity contribution in [3.05, 3.63) is 51.7 Å². The van der Waals surface area contributed by atoms with Gasteiger partial charge in [0.15, 0.2) is 0 Å². The maximum atomic E-state index is 12.3. The Balaban J connectivity index is 1.63. The average molecular weight is 452 g/mol. The van der Waals surface area contributed by atoms with Gasteiger partial charge in [-0.2, -0.15) is 4.98 Å². The fourth-order valence-corrected chi connectivity index (χ4v) is 2.96. The molecule has 0 aliphatic rings. The van der Waals surface area contributed by atoms with Crippen molar-refractivity contribution in [2.24, 2.45) is 0 Å². The van der Waals surface area contributed by atoms with Crippen LogP contribution in [0.3, 0.4) is 0 Å². The first kappa shape index (κ1) is 23.0. The second kappa shape index (κ2) is 10.1. The lowest BCUT2D eigenvalue weighted by Gasteiger charge is -2.13. The van der Waals surface area contributed by atoms with Crippen molar-refractivity contribution in [2.75, 3.05) is 5.73 Å². The van der Waals surface area contributed by atoms with E-state index >= 15 is 0 Å². The summed E-state index contributed by atoms with van der Waals surface area (Å²) < 4.78 is 0. The number of amides is 1. The number of rotatable bonds is 8. The number of aliphatic carboxylic acids is 2. The summed E-state index contributed by atoms with van der Waals surface area (Å²) in [6.07, 6.45) is 0.281. The first-order valence-corrected chi connectivity index (χ1v) is 9.81. The minimum Gasteiger partial charge on any atom is -0.481 e. The van der Waals surface area contributed by atoms with E-state index in [1.165, 1.54) is 6.07 Å². The third-order valence-corrected chi connectivity index (χ3v) is 4.54. The van der Waals surface area contributed by atoms with Crippen molar-refractivity contribution in [1.29, 1.82) is 0 Å². The molecule has 0 aliphatic heterocycles. The summed E-state index contributed by atoms with van der Waals surface area (Å²) in [7, 11) is 0. The largest absolute Gasteiger partial charge is 0.481 e. The van der Waals surface area contributed by atoms with Crippen molar-refractivity contribution >= 4 is 34.8 Å². The molecule has 3 heterocycles. The molecule has 12 nitrogen and oxygen atoms in total. The zero-order chi connectivity index (χ0) is 24.0. The number of carboxylic acids is 2. The number of anilines is 1. The van der Waals surface area contributed by atoms with E-state index in [-0.39, 0.29) is 23.6 Å². The molecule has 0 fully saturated rings. The van der Waals surface area contributed by atoms with Crippen molar-refractivity contribution < 1.29 is 24.6 Å². The van der Waals surface area contributed by atoms with Crippen LogP contribution >= 0.6 is 0 Å². The Morgan fingerprint density at radius 3 is 2.70 bits per heavy atom. The monoisotopic (exact) mass is 452 g/mol. The highest BCUT2D eigenvalue weighted by Crippen LogP contribution is 2.11. The number of aromatic amines is 2. The Morgan fingerprint density at radius 2 is 1.97 bits per heavy atom. The molecule has 1 unspecified atom stereocenters. The molecule has 0 aliphatic carbocycles. The first-order valence-electron chi connectivity index (χ1n) is 9.81. The zero-order valence-electron chi connectivity index (χ0n) is 17.2. The molecule has 3 rings (SSSR count). The Labute approximate surface area is 186 Å². The van der Waals surface area contributed by atoms with Crippen molar-refractivity contribution in [2.45, 2.75) is 31.7 Å². The topological polar surface area (TPSA) is 204 Å². The van der Waals surface area contributed by atoms with Crippen LogP contribution in [0.4, 0.5) is 5.95 Å². The van der Waals surface area contributed by atoms with Gasteiger partial charge in [0.2, 0.25) is 5.95 Å². The Kier molecular flexibility index (Phi) is 7.04. The molecule has 33 heavy (non-hydrogen) atoms. The van der Waals surface area contributed by atoms with Crippen LogP contribution in [0.5, 0.6) is 0 Å². The minimum atomic E-state index is -1.35. The van der Waals surface area contributed by atoms with Gasteiger partial charge in [-0.1, -0.05) is 12.0 Å². The predicted molar refractivity (Wildman–Crippen MR) is 116 cm³/mol. The van der Waals surface area contributed by atoms with E-state index in [1.807, 2.05) is 0 Å². The molecule has 12 heteroatoms. The molecule has 170 valence electrons. The number of aryl methyl sites for hydroxylation is 1. The third kappa shape index (κ3) is 6.17. The van der Waals surface area contributed by atoms with Crippen LogP contribution in [0.1, 0.15) is 41.1 Å². The lowest BCUT2D eigenvalue weighted by Crippen LogP contribution is -2.41. The fraction of sp³-hybridized carbons (Fsp3) is 0.238. The molecule has 1 atom stereocenters. The van der Waals surface area contributed by atoms with Crippen molar-refractivity contribution in [3.8, 4) is 11.8 Å². The van der Waals surface area contributed by atoms with E-state index in [0.29, 0.717) is 29.6 Å². The quantitative estimate of drug-likeness (QED) is 0.259. The lowest BCUT2D eigenvalue weighted by atomic mass is 10.1. The number of aromatic nitrogens is 4. The summed E-state index contributed by atoms with van der Waals surface area (Å²) in [5.74, 6) is 2.53. The molecular weight excluding hydrogens is 432 g/mol. The van der Waals surface area contributed by atoms with Gasteiger partial charge in [0.25, 0.3) is 11.5 Å². The molecule has 0 saturated carbocycles. The SMILES string of the molecule is Nc1nc2[nH]c(CCC#Cc3cccc(C(=O)NC(CCC(=O)O)C(=O)O)n3)cc2c(=O)[nH]1. The van der Waals surface area contributed by atoms with E-state index in [9.17, 15) is 19.2 Å². The summed E-state index contributed by atoms with van der Waals surface area (Å²) in [4.78, 5) is 59.7. The van der Waals surface area contributed by atoms with Gasteiger partial charge in [-0.05, 0) is 37.0 Å². The molecule has 0 bridgehead atoms. The van der Waals surface area contributed by atoms with E-state index in [1.54, 1.807) is 18.2 Å². The smallest absolute Gasteiger partial charge is 0.326 e. The van der Waals surface area contributed by atoms with E-state index in [2.05, 4.69) is 37.1 Å². The Bertz CT molecular complexity index is 1330. The first-order chi connectivity index (χ1) is 15.7. The number of carbonyl (C=O) groups excluding carboxylic acids is 1. The van der Waals surface area contributed by atoms with Crippen LogP contribution in [0, 0.1) is 11.8 Å². The van der Waals surface area contributed by atoms with Gasteiger partial charge < -0.3 is 26.2 Å². The maximum Gasteiger partial charge on any atom is 0.326 e. The molecule has 0 aromatic carbocycles. The molecule has 1 amide bonds. The highest BCUT2D eigenvalue weighted by Gasteiger charge is 2.22. The van der Waals surface area contributed by atoms with Crippen LogP contribution in [0.2, 0.25) is 0 Å². The number of pyridine rings is 1. The van der Waals surface area contributed by atoms with Gasteiger partial charge in [0.1, 0.15) is 23.1 Å². The number of H-pyrrole nitrogens is 2. The van der Waals surface area contributed by atoms with E-state index < -0.39 is 30.3 Å². The second-order valence-electron chi connectivity index (χ2n) is 7.01. The van der Waals surface area contributed by atoms with Crippen LogP contribution in [-0.4, -0.2) is 54.0 Å². The van der Waals surface area contributed by atoms with Gasteiger partial charge in [0.05, 0.1) is 5.39 Å². The highest BCUT2D eigenvalue weighted by molar-refractivity contribution is 5.95. The molecule has 0 spiro atoms. The van der Waals surface area contributed by atoms with Crippen LogP contribution in [-0.2, 0) is 16.0 Å². The number of nitrogen functional groups attached to an aromatic ring is 1. The standard InChI is InChI=1S/C21H20N6O6/c22-21-26-17-13(18(30)27-21)10-12(24-17)5-2-1-4-11-6-3-7-14(23-11)19(31)25-15(20(32)33)8-9-16(28)29/h3,6-7,10,15H,2,5,8-9H2,(H,25,31)(H,28,29)(H,32,33)(H4,22,24,26,27,30). The van der Waals surface area contributed by atoms with Gasteiger partial charge >= 0.3 is 11.9 Å². The zero-order valence-corrected chi connectivity index (χ0v) is 17.2. The van der Waals surface area contributed by atoms with Gasteiger partial charge in [-0.15, -0.1) is 0 Å². The number of nitrogens with zero attached hydrogens (tertiary/aromatic N) is 2. The summed E-state index contributed by atoms with van der Waals surface area (Å²) in [5.41, 5.74) is 6.60. The van der Waals surface area contributed by atoms with Crippen molar-refractivity contribution in [1.82, 2.24) is 25.3 Å². The second-order valence-corrected chi connectivity index (χ2v) is 7.01. The predicted octanol–water partition coefficient (Wildman–Crippen LogP) is 0.260. The van der Waals surface area contributed by atoms with E-state index in [4.69, 9.17) is 15.9 Å². The molecule has 3 aromatic heterocycles. The fourth-order valence-electron chi connectivity index (χ4n) is 2.96. The molecule has 7 N–H and O–H groups in total. The number of nitrogens with one attached hydrogen (secondary N) is 3. The number of carboxylic acid groups (broad SMARTS) is 2. The highest BCUT2D eigenvalue weighted by atomic mass is 16.4. The molecule has 0 radical (unpaired) electrons. The summed E-state index contributed by atoms with van der Waals surface area (Å²) >= 11 is 0. The summed E-state index contributed by atoms with van der Waals surface area (Å²) in [6.45, 7) is 0. The number of fused-ring (bicyclic) bond motifs is 1. The number of nitrogens with two attached hydrogens (primary N) is 1. The lowest BCUT2D eigenvalue weighted by molar-refractivity contribution is -0.140. The minimum absolute atomic E-state index is 0.0206. The van der Waals surface area contributed by atoms with Crippen LogP contribution < -0.4 is 16.6 Å². The average Bonchev–Trinajstić information content (AvgIpc) is 3.17. The number of carbonyl (C=O) groups is 3. The maximum absolute atomic E-state index is 12.3. The normalized spacial score (nSPS) is 11.4. The van der Waals surface area contributed by atoms with Gasteiger partial charge in [-0.25, -0.2) is 9.78 Å². The Hall–Kier alpha value is -4.66. The van der Waals surface area contributed by atoms with Gasteiger partial charge in [0, 0.05) is 18.5 Å². The van der Waals surface area contributed by atoms with Crippen LogP contribution in [0.15, 0.2) is 29.1 Å². The molecule has 3 aromatic rings. The van der Waals surface area contributed by atoms with Crippen LogP contribution in [0.25, 0.3) is 11.0 Å². The third-order valence-electron chi connectivity index (χ3n) is 4.54. The van der Waals surface area contributed by atoms with Crippen molar-refractivity contribution in [3.63, 3.8) is 0 Å².